The summed E-state index contributed by atoms with van der Waals surface area (Å²) in [5, 5.41) is 9.37. The van der Waals surface area contributed by atoms with Gasteiger partial charge in [0.25, 0.3) is 0 Å². The Bertz CT molecular complexity index is 852. The van der Waals surface area contributed by atoms with Crippen LogP contribution in [0.4, 0.5) is 4.39 Å². The molecule has 2 aromatic rings. The highest BCUT2D eigenvalue weighted by atomic mass is 19.1. The predicted molar refractivity (Wildman–Crippen MR) is 83.1 cm³/mol. The molecule has 4 heterocycles. The topological polar surface area (TPSA) is 73.1 Å². The quantitative estimate of drug-likeness (QED) is 0.931. The van der Waals surface area contributed by atoms with Gasteiger partial charge in [0, 0.05) is 17.8 Å². The van der Waals surface area contributed by atoms with Crippen molar-refractivity contribution in [3.63, 3.8) is 0 Å². The maximum atomic E-state index is 14.9. The summed E-state index contributed by atoms with van der Waals surface area (Å²) in [6.07, 6.45) is 4.43. The lowest BCUT2D eigenvalue weighted by molar-refractivity contribution is 0.0154. The molecule has 0 spiro atoms. The second-order valence-corrected chi connectivity index (χ2v) is 7.39. The van der Waals surface area contributed by atoms with Gasteiger partial charge in [-0.15, -0.1) is 0 Å². The van der Waals surface area contributed by atoms with Crippen LogP contribution in [0, 0.1) is 5.82 Å². The van der Waals surface area contributed by atoms with Crippen LogP contribution in [-0.4, -0.2) is 38.8 Å². The van der Waals surface area contributed by atoms with Crippen molar-refractivity contribution in [1.82, 2.24) is 9.38 Å². The minimum absolute atomic E-state index is 0.0838. The summed E-state index contributed by atoms with van der Waals surface area (Å²) in [4.78, 5) is 15.9. The summed E-state index contributed by atoms with van der Waals surface area (Å²) in [6.45, 7) is 6.06. The molecule has 2 aliphatic heterocycles. The van der Waals surface area contributed by atoms with Crippen LogP contribution in [0.25, 0.3) is 5.65 Å². The summed E-state index contributed by atoms with van der Waals surface area (Å²) in [7, 11) is 0. The number of carboxylic acid groups (broad SMARTS) is 1. The molecule has 3 aliphatic rings. The van der Waals surface area contributed by atoms with Gasteiger partial charge in [-0.2, -0.15) is 4.39 Å². The highest BCUT2D eigenvalue weighted by molar-refractivity contribution is 5.91. The van der Waals surface area contributed by atoms with Gasteiger partial charge in [0.1, 0.15) is 5.56 Å². The molecule has 24 heavy (non-hydrogen) atoms. The van der Waals surface area contributed by atoms with Crippen LogP contribution in [0.2, 0.25) is 0 Å². The van der Waals surface area contributed by atoms with Gasteiger partial charge < -0.3 is 19.0 Å². The molecule has 6 nitrogen and oxygen atoms in total. The van der Waals surface area contributed by atoms with Gasteiger partial charge in [-0.1, -0.05) is 0 Å². The molecular weight excluding hydrogens is 315 g/mol. The van der Waals surface area contributed by atoms with Crippen molar-refractivity contribution in [2.75, 3.05) is 6.61 Å². The number of imidazole rings is 1. The molecule has 1 N–H and O–H groups in total. The molecule has 2 bridgehead atoms. The Hall–Kier alpha value is -2.15. The number of nitrogens with zero attached hydrogens (tertiary/aromatic N) is 2. The summed E-state index contributed by atoms with van der Waals surface area (Å²) >= 11 is 0. The van der Waals surface area contributed by atoms with Gasteiger partial charge in [-0.05, 0) is 33.6 Å². The van der Waals surface area contributed by atoms with E-state index in [4.69, 9.17) is 9.47 Å². The standard InChI is InChI=1S/C17H19FN2O4/c1-9(2)24-13-10(15(21)22)4-20-5-11(19-14(20)12(13)18)17-6-16(3,7-17)23-8-17/h4-5,9H,6-8H2,1-3H3,(H,21,22). The van der Waals surface area contributed by atoms with Crippen LogP contribution in [-0.2, 0) is 10.2 Å². The maximum Gasteiger partial charge on any atom is 0.341 e. The summed E-state index contributed by atoms with van der Waals surface area (Å²) < 4.78 is 27.5. The first-order chi connectivity index (χ1) is 11.2. The van der Waals surface area contributed by atoms with Crippen LogP contribution >= 0.6 is 0 Å². The largest absolute Gasteiger partial charge is 0.487 e. The van der Waals surface area contributed by atoms with E-state index in [-0.39, 0.29) is 34.1 Å². The Morgan fingerprint density at radius 3 is 2.71 bits per heavy atom. The van der Waals surface area contributed by atoms with E-state index in [2.05, 4.69) is 11.9 Å². The fourth-order valence-electron chi connectivity index (χ4n) is 3.98. The number of hydrogen-bond donors (Lipinski definition) is 1. The Morgan fingerprint density at radius 2 is 2.17 bits per heavy atom. The lowest BCUT2D eigenvalue weighted by Gasteiger charge is -2.41. The lowest BCUT2D eigenvalue weighted by atomic mass is 9.62. The molecule has 2 aromatic heterocycles. The van der Waals surface area contributed by atoms with E-state index in [0.29, 0.717) is 6.61 Å². The Labute approximate surface area is 138 Å². The van der Waals surface area contributed by atoms with E-state index in [0.717, 1.165) is 18.5 Å². The van der Waals surface area contributed by atoms with Crippen LogP contribution < -0.4 is 4.74 Å². The average molecular weight is 334 g/mol. The highest BCUT2D eigenvalue weighted by Gasteiger charge is 2.61. The highest BCUT2D eigenvalue weighted by Crippen LogP contribution is 2.58. The number of carbonyl (C=O) groups is 1. The van der Waals surface area contributed by atoms with Crippen molar-refractivity contribution >= 4 is 11.6 Å². The van der Waals surface area contributed by atoms with E-state index in [9.17, 15) is 14.3 Å². The van der Waals surface area contributed by atoms with Crippen molar-refractivity contribution in [2.45, 2.75) is 50.7 Å². The zero-order valence-electron chi connectivity index (χ0n) is 13.8. The normalized spacial score (nSPS) is 28.4. The molecule has 0 radical (unpaired) electrons. The van der Waals surface area contributed by atoms with E-state index in [1.165, 1.54) is 10.6 Å². The molecule has 5 rings (SSSR count). The van der Waals surface area contributed by atoms with Crippen LogP contribution in [0.15, 0.2) is 12.4 Å². The Balaban J connectivity index is 1.85. The number of pyridine rings is 1. The van der Waals surface area contributed by atoms with Crippen molar-refractivity contribution in [3.8, 4) is 5.75 Å². The number of rotatable bonds is 4. The van der Waals surface area contributed by atoms with Gasteiger partial charge in [0.2, 0.25) is 5.82 Å². The van der Waals surface area contributed by atoms with Gasteiger partial charge in [0.15, 0.2) is 11.4 Å². The molecule has 0 amide bonds. The summed E-state index contributed by atoms with van der Waals surface area (Å²) in [6, 6.07) is 0. The molecule has 0 aromatic carbocycles. The predicted octanol–water partition coefficient (Wildman–Crippen LogP) is 2.78. The molecule has 1 saturated carbocycles. The van der Waals surface area contributed by atoms with Crippen molar-refractivity contribution in [3.05, 3.63) is 29.5 Å². The van der Waals surface area contributed by atoms with E-state index >= 15 is 0 Å². The van der Waals surface area contributed by atoms with Crippen molar-refractivity contribution < 1.29 is 23.8 Å². The number of ether oxygens (including phenoxy) is 2. The van der Waals surface area contributed by atoms with Gasteiger partial charge in [-0.3, -0.25) is 0 Å². The van der Waals surface area contributed by atoms with Gasteiger partial charge >= 0.3 is 5.97 Å². The molecule has 0 unspecified atom stereocenters. The third-order valence-electron chi connectivity index (χ3n) is 4.89. The second-order valence-electron chi connectivity index (χ2n) is 7.39. The molecule has 1 aliphatic carbocycles. The lowest BCUT2D eigenvalue weighted by Crippen LogP contribution is -2.45. The zero-order chi connectivity index (χ0) is 17.3. The van der Waals surface area contributed by atoms with Crippen molar-refractivity contribution in [1.29, 1.82) is 0 Å². The van der Waals surface area contributed by atoms with Crippen LogP contribution in [0.3, 0.4) is 0 Å². The number of fused-ring (bicyclic) bond motifs is 2. The Morgan fingerprint density at radius 1 is 1.46 bits per heavy atom. The van der Waals surface area contributed by atoms with Crippen LogP contribution in [0.5, 0.6) is 5.75 Å². The number of hydrogen-bond acceptors (Lipinski definition) is 4. The summed E-state index contributed by atoms with van der Waals surface area (Å²) in [5.41, 5.74) is 0.327. The monoisotopic (exact) mass is 334 g/mol. The van der Waals surface area contributed by atoms with E-state index in [1.54, 1.807) is 20.0 Å². The minimum atomic E-state index is -1.24. The molecule has 7 heteroatoms. The SMILES string of the molecule is CC(C)Oc1c(C(=O)O)cn2cc(C34COC(C)(C3)C4)nc2c1F. The third kappa shape index (κ3) is 2.04. The van der Waals surface area contributed by atoms with Gasteiger partial charge in [0.05, 0.1) is 24.0 Å². The van der Waals surface area contributed by atoms with Crippen molar-refractivity contribution in [2.24, 2.45) is 0 Å². The van der Waals surface area contributed by atoms with E-state index < -0.39 is 11.8 Å². The molecule has 3 fully saturated rings. The Kier molecular flexibility index (Phi) is 3.01. The molecular formula is C17H19FN2O4. The smallest absolute Gasteiger partial charge is 0.341 e. The first kappa shape index (κ1) is 15.4. The number of aromatic carboxylic acids is 1. The number of halogens is 1. The van der Waals surface area contributed by atoms with Crippen LogP contribution in [0.1, 0.15) is 49.7 Å². The second kappa shape index (κ2) is 4.69. The molecule has 2 saturated heterocycles. The van der Waals surface area contributed by atoms with E-state index in [1.807, 2.05) is 0 Å². The number of carboxylic acids is 1. The summed E-state index contributed by atoms with van der Waals surface area (Å²) in [5.74, 6) is -2.24. The van der Waals surface area contributed by atoms with Gasteiger partial charge in [-0.25, -0.2) is 9.78 Å². The number of aromatic nitrogens is 2. The molecule has 0 atom stereocenters. The fourth-order valence-corrected chi connectivity index (χ4v) is 3.98. The molecule has 128 valence electrons. The third-order valence-corrected chi connectivity index (χ3v) is 4.89. The average Bonchev–Trinajstić information content (AvgIpc) is 3.11. The first-order valence-corrected chi connectivity index (χ1v) is 7.99. The zero-order valence-corrected chi connectivity index (χ0v) is 13.8. The minimum Gasteiger partial charge on any atom is -0.487 e. The fraction of sp³-hybridized carbons (Fsp3) is 0.529. The maximum absolute atomic E-state index is 14.9. The first-order valence-electron chi connectivity index (χ1n) is 7.99.